The molecule has 1 saturated heterocycles. The molecule has 0 unspecified atom stereocenters. The highest BCUT2D eigenvalue weighted by Gasteiger charge is 2.29. The van der Waals surface area contributed by atoms with E-state index in [0.717, 1.165) is 24.2 Å². The Morgan fingerprint density at radius 1 is 0.926 bits per heavy atom. The Morgan fingerprint density at radius 3 is 2.15 bits per heavy atom. The summed E-state index contributed by atoms with van der Waals surface area (Å²) in [5.74, 6) is -0.127. The van der Waals surface area contributed by atoms with Crippen LogP contribution in [0.4, 0.5) is 0 Å². The normalized spacial score (nSPS) is 16.0. The highest BCUT2D eigenvalue weighted by molar-refractivity contribution is 5.88. The van der Waals surface area contributed by atoms with Crippen LogP contribution in [-0.2, 0) is 16.0 Å². The number of nitrogens with zero attached hydrogens (tertiary/aromatic N) is 2. The second kappa shape index (κ2) is 9.33. The number of rotatable bonds is 6. The molecule has 0 saturated carbocycles. The number of aryl methyl sites for hydroxylation is 1. The third-order valence-electron chi connectivity index (χ3n) is 4.98. The van der Waals surface area contributed by atoms with Crippen molar-refractivity contribution in [3.8, 4) is 0 Å². The first-order valence-electron chi connectivity index (χ1n) is 9.49. The molecule has 0 spiro atoms. The minimum atomic E-state index is -0.627. The third-order valence-corrected chi connectivity index (χ3v) is 4.98. The summed E-state index contributed by atoms with van der Waals surface area (Å²) in [5, 5.41) is 2.97. The van der Waals surface area contributed by atoms with Gasteiger partial charge in [0.15, 0.2) is 0 Å². The standard InChI is InChI=1S/C22H27N3O2/c1-24-14-16-25(17-15-24)22(27)21(19-10-6-3-7-11-19)23-20(26)13-12-18-8-4-2-5-9-18/h2-11,21H,12-17H2,1H3,(H,23,26)/t21-/m0/s1. The summed E-state index contributed by atoms with van der Waals surface area (Å²) in [7, 11) is 2.06. The summed E-state index contributed by atoms with van der Waals surface area (Å²) >= 11 is 0. The molecule has 1 aliphatic heterocycles. The van der Waals surface area contributed by atoms with Crippen molar-refractivity contribution < 1.29 is 9.59 Å². The highest BCUT2D eigenvalue weighted by atomic mass is 16.2. The molecule has 1 N–H and O–H groups in total. The van der Waals surface area contributed by atoms with Gasteiger partial charge >= 0.3 is 0 Å². The van der Waals surface area contributed by atoms with E-state index in [1.54, 1.807) is 0 Å². The van der Waals surface area contributed by atoms with Crippen molar-refractivity contribution in [3.05, 3.63) is 71.8 Å². The number of carbonyl (C=O) groups is 2. The quantitative estimate of drug-likeness (QED) is 0.854. The fraction of sp³-hybridized carbons (Fsp3) is 0.364. The van der Waals surface area contributed by atoms with E-state index in [2.05, 4.69) is 17.3 Å². The highest BCUT2D eigenvalue weighted by Crippen LogP contribution is 2.17. The lowest BCUT2D eigenvalue weighted by molar-refractivity contribution is -0.138. The first-order chi connectivity index (χ1) is 13.1. The van der Waals surface area contributed by atoms with Gasteiger partial charge in [0.2, 0.25) is 11.8 Å². The molecule has 2 amide bonds. The zero-order valence-electron chi connectivity index (χ0n) is 15.8. The van der Waals surface area contributed by atoms with Crippen LogP contribution < -0.4 is 5.32 Å². The van der Waals surface area contributed by atoms with E-state index >= 15 is 0 Å². The smallest absolute Gasteiger partial charge is 0.249 e. The van der Waals surface area contributed by atoms with Crippen molar-refractivity contribution in [3.63, 3.8) is 0 Å². The van der Waals surface area contributed by atoms with E-state index in [-0.39, 0.29) is 11.8 Å². The van der Waals surface area contributed by atoms with E-state index in [4.69, 9.17) is 0 Å². The summed E-state index contributed by atoms with van der Waals surface area (Å²) in [4.78, 5) is 29.7. The number of piperazine rings is 1. The van der Waals surface area contributed by atoms with Gasteiger partial charge in [0.05, 0.1) is 0 Å². The molecule has 5 heteroatoms. The fourth-order valence-electron chi connectivity index (χ4n) is 3.28. The lowest BCUT2D eigenvalue weighted by Crippen LogP contribution is -2.51. The molecule has 0 aliphatic carbocycles. The van der Waals surface area contributed by atoms with Crippen LogP contribution in [0.15, 0.2) is 60.7 Å². The second-order valence-corrected chi connectivity index (χ2v) is 7.03. The van der Waals surface area contributed by atoms with Crippen LogP contribution in [0.25, 0.3) is 0 Å². The Kier molecular flexibility index (Phi) is 6.60. The van der Waals surface area contributed by atoms with Crippen molar-refractivity contribution in [1.82, 2.24) is 15.1 Å². The number of benzene rings is 2. The lowest BCUT2D eigenvalue weighted by Gasteiger charge is -2.35. The van der Waals surface area contributed by atoms with Crippen molar-refractivity contribution in [2.24, 2.45) is 0 Å². The van der Waals surface area contributed by atoms with Crippen molar-refractivity contribution in [2.75, 3.05) is 33.2 Å². The molecule has 2 aromatic carbocycles. The Labute approximate surface area is 161 Å². The molecular weight excluding hydrogens is 338 g/mol. The van der Waals surface area contributed by atoms with Crippen LogP contribution in [-0.4, -0.2) is 54.8 Å². The van der Waals surface area contributed by atoms with E-state index < -0.39 is 6.04 Å². The molecule has 1 fully saturated rings. The Morgan fingerprint density at radius 2 is 1.52 bits per heavy atom. The van der Waals surface area contributed by atoms with Crippen LogP contribution >= 0.6 is 0 Å². The Hall–Kier alpha value is -2.66. The minimum Gasteiger partial charge on any atom is -0.341 e. The van der Waals surface area contributed by atoms with E-state index in [9.17, 15) is 9.59 Å². The zero-order chi connectivity index (χ0) is 19.1. The molecule has 2 aromatic rings. The molecule has 142 valence electrons. The number of hydrogen-bond donors (Lipinski definition) is 1. The molecule has 5 nitrogen and oxygen atoms in total. The number of hydrogen-bond acceptors (Lipinski definition) is 3. The van der Waals surface area contributed by atoms with Gasteiger partial charge in [0, 0.05) is 32.6 Å². The van der Waals surface area contributed by atoms with Gasteiger partial charge in [0.1, 0.15) is 6.04 Å². The first-order valence-corrected chi connectivity index (χ1v) is 9.49. The van der Waals surface area contributed by atoms with Crippen LogP contribution in [0, 0.1) is 0 Å². The monoisotopic (exact) mass is 365 g/mol. The van der Waals surface area contributed by atoms with Gasteiger partial charge in [0.25, 0.3) is 0 Å². The van der Waals surface area contributed by atoms with Crippen molar-refractivity contribution >= 4 is 11.8 Å². The van der Waals surface area contributed by atoms with Gasteiger partial charge in [-0.15, -0.1) is 0 Å². The Bertz CT molecular complexity index is 741. The van der Waals surface area contributed by atoms with E-state index in [1.165, 1.54) is 0 Å². The number of carbonyl (C=O) groups excluding carboxylic acids is 2. The van der Waals surface area contributed by atoms with Gasteiger partial charge < -0.3 is 15.1 Å². The summed E-state index contributed by atoms with van der Waals surface area (Å²) in [6.45, 7) is 3.10. The molecule has 3 rings (SSSR count). The van der Waals surface area contributed by atoms with Gasteiger partial charge in [-0.25, -0.2) is 0 Å². The summed E-state index contributed by atoms with van der Waals surface area (Å²) in [5.41, 5.74) is 1.95. The van der Waals surface area contributed by atoms with Gasteiger partial charge in [-0.05, 0) is 24.6 Å². The molecule has 1 aliphatic rings. The second-order valence-electron chi connectivity index (χ2n) is 7.03. The van der Waals surface area contributed by atoms with Gasteiger partial charge in [-0.2, -0.15) is 0 Å². The first kappa shape index (κ1) is 19.1. The number of amides is 2. The van der Waals surface area contributed by atoms with Crippen molar-refractivity contribution in [2.45, 2.75) is 18.9 Å². The predicted molar refractivity (Wildman–Crippen MR) is 106 cm³/mol. The predicted octanol–water partition coefficient (Wildman–Crippen LogP) is 2.25. The third kappa shape index (κ3) is 5.41. The average Bonchev–Trinajstić information content (AvgIpc) is 2.72. The summed E-state index contributed by atoms with van der Waals surface area (Å²) in [6, 6.07) is 18.8. The van der Waals surface area contributed by atoms with Crippen LogP contribution in [0.3, 0.4) is 0 Å². The summed E-state index contributed by atoms with van der Waals surface area (Å²) in [6.07, 6.45) is 1.03. The SMILES string of the molecule is CN1CCN(C(=O)[C@@H](NC(=O)CCc2ccccc2)c2ccccc2)CC1. The molecule has 0 aromatic heterocycles. The fourth-order valence-corrected chi connectivity index (χ4v) is 3.28. The number of nitrogens with one attached hydrogen (secondary N) is 1. The van der Waals surface area contributed by atoms with Crippen molar-refractivity contribution in [1.29, 1.82) is 0 Å². The maximum atomic E-state index is 13.1. The van der Waals surface area contributed by atoms with Crippen LogP contribution in [0.5, 0.6) is 0 Å². The average molecular weight is 365 g/mol. The Balaban J connectivity index is 1.66. The minimum absolute atomic E-state index is 0.0256. The molecule has 1 heterocycles. The maximum absolute atomic E-state index is 13.1. The maximum Gasteiger partial charge on any atom is 0.249 e. The molecule has 0 radical (unpaired) electrons. The van der Waals surface area contributed by atoms with Crippen LogP contribution in [0.2, 0.25) is 0 Å². The summed E-state index contributed by atoms with van der Waals surface area (Å²) < 4.78 is 0. The van der Waals surface area contributed by atoms with Crippen LogP contribution in [0.1, 0.15) is 23.6 Å². The zero-order valence-corrected chi connectivity index (χ0v) is 15.8. The number of likely N-dealkylation sites (N-methyl/N-ethyl adjacent to an activating group) is 1. The molecule has 0 bridgehead atoms. The molecule has 27 heavy (non-hydrogen) atoms. The largest absolute Gasteiger partial charge is 0.341 e. The molecule has 1 atom stereocenters. The topological polar surface area (TPSA) is 52.6 Å². The van der Waals surface area contributed by atoms with Gasteiger partial charge in [-0.1, -0.05) is 60.7 Å². The van der Waals surface area contributed by atoms with Gasteiger partial charge in [-0.3, -0.25) is 9.59 Å². The van der Waals surface area contributed by atoms with E-state index in [1.807, 2.05) is 65.6 Å². The lowest BCUT2D eigenvalue weighted by atomic mass is 10.0. The van der Waals surface area contributed by atoms with E-state index in [0.29, 0.717) is 25.9 Å². The molecular formula is C22H27N3O2.